The molecule has 4 rings (SSSR count). The van der Waals surface area contributed by atoms with Gasteiger partial charge in [-0.25, -0.2) is 19.1 Å². The Morgan fingerprint density at radius 1 is 1.25 bits per heavy atom. The predicted octanol–water partition coefficient (Wildman–Crippen LogP) is 4.83. The smallest absolute Gasteiger partial charge is 0.333 e. The van der Waals surface area contributed by atoms with E-state index < -0.39 is 28.9 Å². The molecule has 0 amide bonds. The topological polar surface area (TPSA) is 117 Å². The number of aryl methyl sites for hydroxylation is 1. The number of oxazole rings is 1. The lowest BCUT2D eigenvalue weighted by Crippen LogP contribution is -2.52. The molecule has 0 radical (unpaired) electrons. The van der Waals surface area contributed by atoms with Gasteiger partial charge in [0.2, 0.25) is 11.1 Å². The van der Waals surface area contributed by atoms with Crippen LogP contribution in [0, 0.1) is 6.92 Å². The molecule has 1 aromatic carbocycles. The second-order valence-corrected chi connectivity index (χ2v) is 10.6. The highest BCUT2D eigenvalue weighted by Gasteiger charge is 2.36. The number of hydrogen-bond acceptors (Lipinski definition) is 7. The lowest BCUT2D eigenvalue weighted by atomic mass is 10.1. The normalized spacial score (nSPS) is 13.0. The van der Waals surface area contributed by atoms with Gasteiger partial charge < -0.3 is 14.3 Å². The summed E-state index contributed by atoms with van der Waals surface area (Å²) in [6, 6.07) is 9.42. The summed E-state index contributed by atoms with van der Waals surface area (Å²) in [6.45, 7) is 8.19. The quantitative estimate of drug-likeness (QED) is 0.346. The Kier molecular flexibility index (Phi) is 6.96. The summed E-state index contributed by atoms with van der Waals surface area (Å²) in [4.78, 5) is 44.6. The van der Waals surface area contributed by atoms with Gasteiger partial charge in [0.1, 0.15) is 16.5 Å². The minimum absolute atomic E-state index is 0.0548. The van der Waals surface area contributed by atoms with E-state index in [0.717, 1.165) is 21.5 Å². The van der Waals surface area contributed by atoms with E-state index in [2.05, 4.69) is 4.98 Å². The summed E-state index contributed by atoms with van der Waals surface area (Å²) in [5, 5.41) is 10.2. The second-order valence-electron chi connectivity index (χ2n) is 9.19. The predicted molar refractivity (Wildman–Crippen MR) is 138 cm³/mol. The van der Waals surface area contributed by atoms with Gasteiger partial charge in [-0.3, -0.25) is 9.36 Å². The average Bonchev–Trinajstić information content (AvgIpc) is 3.39. The molecule has 3 heterocycles. The molecule has 0 fully saturated rings. The van der Waals surface area contributed by atoms with Crippen LogP contribution >= 0.6 is 22.9 Å². The van der Waals surface area contributed by atoms with E-state index >= 15 is 0 Å². The Bertz CT molecular complexity index is 1550. The van der Waals surface area contributed by atoms with Gasteiger partial charge in [0.05, 0.1) is 29.1 Å². The molecule has 0 saturated carbocycles. The number of hydrogen-bond donors (Lipinski definition) is 1. The zero-order valence-corrected chi connectivity index (χ0v) is 22.0. The molecule has 11 heteroatoms. The van der Waals surface area contributed by atoms with E-state index in [4.69, 9.17) is 20.8 Å². The standard InChI is InChI=1S/C25H26ClN3O6S/c1-13(2)34-16(15-9-7-6-8-10-15)12-28-22-18(14(3)19(36-22)20-27-11-17(26)35-20)21(30)29(24(28)33)25(4,5)23(31)32/h6-11,13,16H,12H2,1-5H3,(H,31,32)/t16-/m0/s1. The number of benzene rings is 1. The molecule has 1 atom stereocenters. The van der Waals surface area contributed by atoms with Crippen molar-refractivity contribution in [2.24, 2.45) is 0 Å². The van der Waals surface area contributed by atoms with Crippen LogP contribution in [-0.4, -0.2) is 31.3 Å². The Balaban J connectivity index is 2.05. The van der Waals surface area contributed by atoms with Crippen LogP contribution in [0.4, 0.5) is 0 Å². The maximum Gasteiger partial charge on any atom is 0.333 e. The van der Waals surface area contributed by atoms with Crippen molar-refractivity contribution in [2.75, 3.05) is 0 Å². The number of carboxylic acids is 1. The van der Waals surface area contributed by atoms with Crippen molar-refractivity contribution in [3.63, 3.8) is 0 Å². The Hall–Kier alpha value is -3.21. The molecule has 1 N–H and O–H groups in total. The highest BCUT2D eigenvalue weighted by molar-refractivity contribution is 7.22. The molecule has 0 bridgehead atoms. The van der Waals surface area contributed by atoms with Crippen molar-refractivity contribution in [3.05, 3.63) is 73.7 Å². The van der Waals surface area contributed by atoms with Crippen LogP contribution in [-0.2, 0) is 21.6 Å². The van der Waals surface area contributed by atoms with Gasteiger partial charge in [-0.2, -0.15) is 0 Å². The van der Waals surface area contributed by atoms with Gasteiger partial charge in [0, 0.05) is 0 Å². The monoisotopic (exact) mass is 531 g/mol. The molecule has 0 saturated heterocycles. The zero-order chi connectivity index (χ0) is 26.4. The highest BCUT2D eigenvalue weighted by Crippen LogP contribution is 2.37. The van der Waals surface area contributed by atoms with E-state index in [1.165, 1.54) is 24.6 Å². The lowest BCUT2D eigenvalue weighted by Gasteiger charge is -2.26. The Labute approximate surface area is 215 Å². The molecule has 9 nitrogen and oxygen atoms in total. The molecule has 0 aliphatic carbocycles. The number of thiophene rings is 1. The lowest BCUT2D eigenvalue weighted by molar-refractivity contribution is -0.146. The first-order valence-corrected chi connectivity index (χ1v) is 12.5. The first-order chi connectivity index (χ1) is 16.9. The van der Waals surface area contributed by atoms with Gasteiger partial charge in [0.25, 0.3) is 5.56 Å². The number of rotatable bonds is 8. The number of carboxylic acid groups (broad SMARTS) is 1. The minimum Gasteiger partial charge on any atom is -0.480 e. The Morgan fingerprint density at radius 3 is 2.47 bits per heavy atom. The van der Waals surface area contributed by atoms with Crippen LogP contribution in [0.1, 0.15) is 44.9 Å². The fourth-order valence-electron chi connectivity index (χ4n) is 4.05. The van der Waals surface area contributed by atoms with Gasteiger partial charge in [-0.05, 0) is 57.3 Å². The molecule has 3 aromatic heterocycles. The third-order valence-electron chi connectivity index (χ3n) is 5.92. The fourth-order valence-corrected chi connectivity index (χ4v) is 5.41. The number of nitrogens with zero attached hydrogens (tertiary/aromatic N) is 3. The number of aliphatic carboxylic acids is 1. The molecular formula is C25H26ClN3O6S. The summed E-state index contributed by atoms with van der Waals surface area (Å²) >= 11 is 7.09. The summed E-state index contributed by atoms with van der Waals surface area (Å²) in [5.74, 6) is -1.10. The van der Waals surface area contributed by atoms with Crippen molar-refractivity contribution in [1.29, 1.82) is 0 Å². The van der Waals surface area contributed by atoms with Crippen LogP contribution < -0.4 is 11.2 Å². The first kappa shape index (κ1) is 25.9. The molecule has 190 valence electrons. The van der Waals surface area contributed by atoms with Gasteiger partial charge >= 0.3 is 11.7 Å². The third-order valence-corrected chi connectivity index (χ3v) is 7.40. The third kappa shape index (κ3) is 4.52. The van der Waals surface area contributed by atoms with Gasteiger partial charge in [0.15, 0.2) is 0 Å². The molecule has 0 aliphatic heterocycles. The van der Waals surface area contributed by atoms with E-state index in [1.54, 1.807) is 6.92 Å². The van der Waals surface area contributed by atoms with Crippen molar-refractivity contribution < 1.29 is 19.1 Å². The van der Waals surface area contributed by atoms with Crippen LogP contribution in [0.5, 0.6) is 0 Å². The van der Waals surface area contributed by atoms with E-state index in [1.807, 2.05) is 44.2 Å². The van der Waals surface area contributed by atoms with E-state index in [-0.39, 0.29) is 29.1 Å². The summed E-state index contributed by atoms with van der Waals surface area (Å²) in [6.07, 6.45) is 0.660. The number of carbonyl (C=O) groups is 1. The maximum absolute atomic E-state index is 13.8. The van der Waals surface area contributed by atoms with Crippen LogP contribution in [0.25, 0.3) is 21.0 Å². The van der Waals surface area contributed by atoms with Crippen molar-refractivity contribution in [2.45, 2.75) is 58.9 Å². The first-order valence-electron chi connectivity index (χ1n) is 11.3. The van der Waals surface area contributed by atoms with Crippen LogP contribution in [0.15, 0.2) is 50.5 Å². The van der Waals surface area contributed by atoms with Crippen molar-refractivity contribution >= 4 is 39.1 Å². The van der Waals surface area contributed by atoms with Crippen LogP contribution in [0.2, 0.25) is 5.22 Å². The Morgan fingerprint density at radius 2 is 1.92 bits per heavy atom. The van der Waals surface area contributed by atoms with Crippen LogP contribution in [0.3, 0.4) is 0 Å². The molecular weight excluding hydrogens is 506 g/mol. The molecule has 4 aromatic rings. The number of ether oxygens (including phenoxy) is 1. The van der Waals surface area contributed by atoms with E-state index in [0.29, 0.717) is 15.3 Å². The zero-order valence-electron chi connectivity index (χ0n) is 20.4. The number of fused-ring (bicyclic) bond motifs is 1. The molecule has 0 spiro atoms. The average molecular weight is 532 g/mol. The van der Waals surface area contributed by atoms with E-state index in [9.17, 15) is 19.5 Å². The second kappa shape index (κ2) is 9.68. The molecule has 0 aliphatic rings. The highest BCUT2D eigenvalue weighted by atomic mass is 35.5. The summed E-state index contributed by atoms with van der Waals surface area (Å²) in [5.41, 5.74) is -1.88. The number of aromatic nitrogens is 3. The summed E-state index contributed by atoms with van der Waals surface area (Å²) in [7, 11) is 0. The molecule has 36 heavy (non-hydrogen) atoms. The SMILES string of the molecule is Cc1c(-c2ncc(Cl)o2)sc2c1c(=O)n(C(C)(C)C(=O)O)c(=O)n2C[C@H](OC(C)C)c1ccccc1. The van der Waals surface area contributed by atoms with Crippen molar-refractivity contribution in [1.82, 2.24) is 14.1 Å². The maximum atomic E-state index is 13.8. The molecule has 0 unspecified atom stereocenters. The van der Waals surface area contributed by atoms with Gasteiger partial charge in [-0.15, -0.1) is 11.3 Å². The van der Waals surface area contributed by atoms with Gasteiger partial charge in [-0.1, -0.05) is 30.3 Å². The number of halogens is 1. The van der Waals surface area contributed by atoms with Crippen molar-refractivity contribution in [3.8, 4) is 10.8 Å². The minimum atomic E-state index is -1.80. The summed E-state index contributed by atoms with van der Waals surface area (Å²) < 4.78 is 13.8. The largest absolute Gasteiger partial charge is 0.480 e. The fraction of sp³-hybridized carbons (Fsp3) is 0.360.